The lowest BCUT2D eigenvalue weighted by atomic mass is 9.96. The van der Waals surface area contributed by atoms with E-state index < -0.39 is 5.60 Å². The van der Waals surface area contributed by atoms with Crippen LogP contribution in [0, 0.1) is 0 Å². The van der Waals surface area contributed by atoms with E-state index in [9.17, 15) is 14.7 Å². The first-order chi connectivity index (χ1) is 8.87. The van der Waals surface area contributed by atoms with Crippen LogP contribution in [0.25, 0.3) is 0 Å². The molecule has 0 aromatic heterocycles. The van der Waals surface area contributed by atoms with Gasteiger partial charge < -0.3 is 15.3 Å². The van der Waals surface area contributed by atoms with E-state index in [0.29, 0.717) is 25.2 Å². The summed E-state index contributed by atoms with van der Waals surface area (Å²) in [5.74, 6) is -0.152. The molecule has 0 aliphatic carbocycles. The average Bonchev–Trinajstić information content (AvgIpc) is 2.33. The largest absolute Gasteiger partial charge is 0.386 e. The highest BCUT2D eigenvalue weighted by molar-refractivity contribution is 5.95. The molecule has 2 rings (SSSR count). The van der Waals surface area contributed by atoms with E-state index in [0.717, 1.165) is 5.56 Å². The minimum absolute atomic E-state index is 0.0717. The molecule has 2 amide bonds. The molecule has 102 valence electrons. The van der Waals surface area contributed by atoms with Gasteiger partial charge in [-0.25, -0.2) is 0 Å². The third-order valence-electron chi connectivity index (χ3n) is 3.09. The second-order valence-electron chi connectivity index (χ2n) is 5.26. The number of hydrogen-bond donors (Lipinski definition) is 2. The van der Waals surface area contributed by atoms with Gasteiger partial charge in [0.1, 0.15) is 0 Å². The predicted molar refractivity (Wildman–Crippen MR) is 70.5 cm³/mol. The van der Waals surface area contributed by atoms with Gasteiger partial charge in [0.2, 0.25) is 5.91 Å². The van der Waals surface area contributed by atoms with Gasteiger partial charge in [-0.3, -0.25) is 9.59 Å². The fourth-order valence-corrected chi connectivity index (χ4v) is 2.09. The maximum absolute atomic E-state index is 12.0. The first kappa shape index (κ1) is 13.5. The minimum atomic E-state index is -0.749. The number of aliphatic hydroxyl groups is 1. The number of likely N-dealkylation sites (tertiary alicyclic amines) is 1. The van der Waals surface area contributed by atoms with Crippen LogP contribution in [0.3, 0.4) is 0 Å². The zero-order chi connectivity index (χ0) is 14.0. The molecule has 5 heteroatoms. The summed E-state index contributed by atoms with van der Waals surface area (Å²) in [6.45, 7) is 4.39. The molecule has 1 heterocycles. The second-order valence-corrected chi connectivity index (χ2v) is 5.26. The van der Waals surface area contributed by atoms with Crippen LogP contribution in [-0.2, 0) is 11.3 Å². The lowest BCUT2D eigenvalue weighted by Crippen LogP contribution is -2.61. The van der Waals surface area contributed by atoms with Crippen molar-refractivity contribution in [2.24, 2.45) is 0 Å². The molecule has 2 N–H and O–H groups in total. The monoisotopic (exact) mass is 262 g/mol. The molecule has 0 unspecified atom stereocenters. The van der Waals surface area contributed by atoms with E-state index in [-0.39, 0.29) is 11.8 Å². The first-order valence-electron chi connectivity index (χ1n) is 6.22. The Morgan fingerprint density at radius 1 is 1.32 bits per heavy atom. The highest BCUT2D eigenvalue weighted by atomic mass is 16.3. The van der Waals surface area contributed by atoms with Gasteiger partial charge in [0.15, 0.2) is 0 Å². The van der Waals surface area contributed by atoms with Gasteiger partial charge in [0, 0.05) is 19.0 Å². The van der Waals surface area contributed by atoms with Gasteiger partial charge in [-0.2, -0.15) is 0 Å². The Morgan fingerprint density at radius 3 is 2.37 bits per heavy atom. The topological polar surface area (TPSA) is 69.6 Å². The summed E-state index contributed by atoms with van der Waals surface area (Å²) in [4.78, 5) is 24.4. The quantitative estimate of drug-likeness (QED) is 0.835. The summed E-state index contributed by atoms with van der Waals surface area (Å²) >= 11 is 0. The molecule has 1 aliphatic heterocycles. The van der Waals surface area contributed by atoms with E-state index in [1.165, 1.54) is 6.92 Å². The molecular formula is C14H18N2O3. The van der Waals surface area contributed by atoms with Crippen molar-refractivity contribution in [1.29, 1.82) is 0 Å². The van der Waals surface area contributed by atoms with Crippen LogP contribution in [0.4, 0.5) is 0 Å². The number of nitrogens with zero attached hydrogens (tertiary/aromatic N) is 1. The van der Waals surface area contributed by atoms with Gasteiger partial charge in [0.25, 0.3) is 5.91 Å². The molecule has 19 heavy (non-hydrogen) atoms. The van der Waals surface area contributed by atoms with Crippen molar-refractivity contribution in [1.82, 2.24) is 10.2 Å². The summed E-state index contributed by atoms with van der Waals surface area (Å²) < 4.78 is 0. The molecule has 0 bridgehead atoms. The third-order valence-corrected chi connectivity index (χ3v) is 3.09. The SMILES string of the molecule is CC(=O)NCc1ccc(C(=O)N2CC(C)(O)C2)cc1. The van der Waals surface area contributed by atoms with E-state index in [1.54, 1.807) is 24.0 Å². The van der Waals surface area contributed by atoms with Crippen LogP contribution in [0.1, 0.15) is 29.8 Å². The van der Waals surface area contributed by atoms with Gasteiger partial charge >= 0.3 is 0 Å². The number of β-amino-alcohol motifs (C(OH)–C–C–N with tert-alkyl or cyclic N) is 1. The van der Waals surface area contributed by atoms with Crippen LogP contribution in [0.5, 0.6) is 0 Å². The van der Waals surface area contributed by atoms with Gasteiger partial charge in [-0.05, 0) is 24.6 Å². The Kier molecular flexibility index (Phi) is 3.57. The average molecular weight is 262 g/mol. The number of rotatable bonds is 3. The fourth-order valence-electron chi connectivity index (χ4n) is 2.09. The van der Waals surface area contributed by atoms with Crippen molar-refractivity contribution in [3.63, 3.8) is 0 Å². The van der Waals surface area contributed by atoms with E-state index >= 15 is 0 Å². The molecule has 1 fully saturated rings. The van der Waals surface area contributed by atoms with Crippen LogP contribution in [0.15, 0.2) is 24.3 Å². The highest BCUT2D eigenvalue weighted by Gasteiger charge is 2.39. The van der Waals surface area contributed by atoms with Gasteiger partial charge in [-0.15, -0.1) is 0 Å². The molecule has 0 radical (unpaired) electrons. The smallest absolute Gasteiger partial charge is 0.254 e. The van der Waals surface area contributed by atoms with Crippen molar-refractivity contribution in [2.75, 3.05) is 13.1 Å². The number of amides is 2. The zero-order valence-corrected chi connectivity index (χ0v) is 11.1. The summed E-state index contributed by atoms with van der Waals surface area (Å²) in [6, 6.07) is 7.13. The van der Waals surface area contributed by atoms with Crippen LogP contribution in [-0.4, -0.2) is 40.5 Å². The van der Waals surface area contributed by atoms with Crippen molar-refractivity contribution in [3.05, 3.63) is 35.4 Å². The Balaban J connectivity index is 1.95. The summed E-state index contributed by atoms with van der Waals surface area (Å²) in [7, 11) is 0. The second kappa shape index (κ2) is 5.01. The van der Waals surface area contributed by atoms with Crippen LogP contribution in [0.2, 0.25) is 0 Å². The van der Waals surface area contributed by atoms with Crippen molar-refractivity contribution in [3.8, 4) is 0 Å². The zero-order valence-electron chi connectivity index (χ0n) is 11.1. The Morgan fingerprint density at radius 2 is 1.89 bits per heavy atom. The van der Waals surface area contributed by atoms with Gasteiger partial charge in [-0.1, -0.05) is 12.1 Å². The van der Waals surface area contributed by atoms with E-state index in [2.05, 4.69) is 5.32 Å². The predicted octanol–water partition coefficient (Wildman–Crippen LogP) is 0.529. The number of hydrogen-bond acceptors (Lipinski definition) is 3. The van der Waals surface area contributed by atoms with E-state index in [1.807, 2.05) is 12.1 Å². The number of carbonyl (C=O) groups is 2. The van der Waals surface area contributed by atoms with E-state index in [4.69, 9.17) is 0 Å². The number of benzene rings is 1. The molecule has 1 aromatic rings. The van der Waals surface area contributed by atoms with Crippen molar-refractivity contribution in [2.45, 2.75) is 26.0 Å². The Labute approximate surface area is 112 Å². The lowest BCUT2D eigenvalue weighted by molar-refractivity contribution is -0.119. The minimum Gasteiger partial charge on any atom is -0.386 e. The summed E-state index contributed by atoms with van der Waals surface area (Å²) in [6.07, 6.45) is 0. The number of nitrogens with one attached hydrogen (secondary N) is 1. The summed E-state index contributed by atoms with van der Waals surface area (Å²) in [5.41, 5.74) is 0.797. The third kappa shape index (κ3) is 3.32. The molecule has 0 saturated carbocycles. The van der Waals surface area contributed by atoms with Crippen molar-refractivity contribution >= 4 is 11.8 Å². The highest BCUT2D eigenvalue weighted by Crippen LogP contribution is 2.22. The normalized spacial score (nSPS) is 16.7. The molecule has 0 atom stereocenters. The van der Waals surface area contributed by atoms with Crippen molar-refractivity contribution < 1.29 is 14.7 Å². The molecule has 1 saturated heterocycles. The number of carbonyl (C=O) groups excluding carboxylic acids is 2. The standard InChI is InChI=1S/C14H18N2O3/c1-10(17)15-7-11-3-5-12(6-4-11)13(18)16-8-14(2,19)9-16/h3-6,19H,7-9H2,1-2H3,(H,15,17). The van der Waals surface area contributed by atoms with Crippen LogP contribution < -0.4 is 5.32 Å². The first-order valence-corrected chi connectivity index (χ1v) is 6.22. The Hall–Kier alpha value is -1.88. The summed E-state index contributed by atoms with van der Waals surface area (Å²) in [5, 5.41) is 12.3. The molecular weight excluding hydrogens is 244 g/mol. The fraction of sp³-hybridized carbons (Fsp3) is 0.429. The van der Waals surface area contributed by atoms with Gasteiger partial charge in [0.05, 0.1) is 18.7 Å². The molecule has 1 aliphatic rings. The molecule has 1 aromatic carbocycles. The lowest BCUT2D eigenvalue weighted by Gasteiger charge is -2.44. The maximum atomic E-state index is 12.0. The van der Waals surface area contributed by atoms with Crippen LogP contribution >= 0.6 is 0 Å². The Bertz CT molecular complexity index is 486. The molecule has 0 spiro atoms. The molecule has 5 nitrogen and oxygen atoms in total. The maximum Gasteiger partial charge on any atom is 0.254 e.